The van der Waals surface area contributed by atoms with Crippen LogP contribution in [0.15, 0.2) is 34.7 Å². The van der Waals surface area contributed by atoms with E-state index in [1.165, 1.54) is 23.1 Å². The maximum absolute atomic E-state index is 12.2. The van der Waals surface area contributed by atoms with Crippen molar-refractivity contribution in [2.75, 3.05) is 16.8 Å². The number of amides is 1. The summed E-state index contributed by atoms with van der Waals surface area (Å²) in [5.74, 6) is 0.564. The molecule has 0 saturated carbocycles. The minimum Gasteiger partial charge on any atom is -0.374 e. The largest absolute Gasteiger partial charge is 0.374 e. The highest BCUT2D eigenvalue weighted by molar-refractivity contribution is 8.01. The summed E-state index contributed by atoms with van der Waals surface area (Å²) in [5, 5.41) is 15.6. The van der Waals surface area contributed by atoms with Crippen LogP contribution in [0.4, 0.5) is 10.8 Å². The first kappa shape index (κ1) is 17.4. The van der Waals surface area contributed by atoms with Gasteiger partial charge in [-0.2, -0.15) is 5.10 Å². The van der Waals surface area contributed by atoms with Crippen LogP contribution in [0.5, 0.6) is 0 Å². The Balaban J connectivity index is 1.62. The van der Waals surface area contributed by atoms with Crippen LogP contribution in [0, 0.1) is 13.8 Å². The van der Waals surface area contributed by atoms with Gasteiger partial charge in [0.25, 0.3) is 0 Å². The minimum atomic E-state index is -0.0520. The monoisotopic (exact) mass is 374 g/mol. The average molecular weight is 374 g/mol. The first-order valence-corrected chi connectivity index (χ1v) is 9.48. The van der Waals surface area contributed by atoms with Crippen LogP contribution in [0.3, 0.4) is 0 Å². The van der Waals surface area contributed by atoms with E-state index in [9.17, 15) is 4.79 Å². The van der Waals surface area contributed by atoms with Gasteiger partial charge in [-0.05, 0) is 26.0 Å². The number of aryl methyl sites for hydroxylation is 1. The third-order valence-electron chi connectivity index (χ3n) is 3.53. The average Bonchev–Trinajstić information content (AvgIpc) is 3.13. The summed E-state index contributed by atoms with van der Waals surface area (Å²) in [5.41, 5.74) is 8.96. The maximum Gasteiger partial charge on any atom is 0.225 e. The molecule has 0 aliphatic heterocycles. The lowest BCUT2D eigenvalue weighted by Gasteiger charge is -2.07. The summed E-state index contributed by atoms with van der Waals surface area (Å²) in [6.45, 7) is 3.84. The first-order chi connectivity index (χ1) is 12.0. The lowest BCUT2D eigenvalue weighted by Crippen LogP contribution is -2.13. The molecule has 0 radical (unpaired) electrons. The van der Waals surface area contributed by atoms with Gasteiger partial charge < -0.3 is 11.1 Å². The number of benzene rings is 1. The van der Waals surface area contributed by atoms with Gasteiger partial charge in [-0.3, -0.25) is 4.79 Å². The fourth-order valence-corrected chi connectivity index (χ4v) is 4.00. The number of nitrogens with two attached hydrogens (primary N) is 1. The number of thioether (sulfide) groups is 1. The van der Waals surface area contributed by atoms with Crippen molar-refractivity contribution < 1.29 is 4.79 Å². The van der Waals surface area contributed by atoms with Crippen LogP contribution in [-0.4, -0.2) is 31.6 Å². The third-order valence-corrected chi connectivity index (χ3v) is 5.42. The van der Waals surface area contributed by atoms with Gasteiger partial charge in [0.1, 0.15) is 0 Å². The summed E-state index contributed by atoms with van der Waals surface area (Å²) >= 11 is 2.80. The van der Waals surface area contributed by atoms with Crippen molar-refractivity contribution in [1.82, 2.24) is 20.0 Å². The number of rotatable bonds is 6. The Kier molecular flexibility index (Phi) is 5.34. The molecule has 1 amide bonds. The van der Waals surface area contributed by atoms with E-state index in [4.69, 9.17) is 5.73 Å². The second kappa shape index (κ2) is 7.66. The molecule has 25 heavy (non-hydrogen) atoms. The molecule has 3 rings (SSSR count). The standard InChI is InChI=1S/C16H18N6OS2/c1-10-14(11(2)22(21-10)12-6-4-3-5-7-12)18-13(23)8-9-24-16-20-19-15(17)25-16/h3-7H,8-9H2,1-2H3,(H2,17,19)(H,18,23). The van der Waals surface area contributed by atoms with Crippen LogP contribution in [0.2, 0.25) is 0 Å². The molecule has 2 heterocycles. The van der Waals surface area contributed by atoms with E-state index in [0.717, 1.165) is 27.1 Å². The van der Waals surface area contributed by atoms with Crippen LogP contribution >= 0.6 is 23.1 Å². The van der Waals surface area contributed by atoms with E-state index in [2.05, 4.69) is 20.6 Å². The molecule has 1 aromatic carbocycles. The third kappa shape index (κ3) is 4.18. The van der Waals surface area contributed by atoms with E-state index in [1.54, 1.807) is 0 Å². The van der Waals surface area contributed by atoms with E-state index >= 15 is 0 Å². The van der Waals surface area contributed by atoms with Crippen molar-refractivity contribution >= 4 is 39.8 Å². The molecule has 3 aromatic rings. The van der Waals surface area contributed by atoms with Crippen molar-refractivity contribution in [3.63, 3.8) is 0 Å². The smallest absolute Gasteiger partial charge is 0.225 e. The first-order valence-electron chi connectivity index (χ1n) is 7.68. The van der Waals surface area contributed by atoms with E-state index in [-0.39, 0.29) is 5.91 Å². The van der Waals surface area contributed by atoms with Crippen LogP contribution < -0.4 is 11.1 Å². The van der Waals surface area contributed by atoms with E-state index in [0.29, 0.717) is 17.3 Å². The highest BCUT2D eigenvalue weighted by atomic mass is 32.2. The Morgan fingerprint density at radius 1 is 1.28 bits per heavy atom. The van der Waals surface area contributed by atoms with Crippen molar-refractivity contribution in [3.05, 3.63) is 41.7 Å². The van der Waals surface area contributed by atoms with Gasteiger partial charge in [-0.1, -0.05) is 41.3 Å². The molecule has 0 aliphatic carbocycles. The lowest BCUT2D eigenvalue weighted by atomic mass is 10.3. The molecule has 130 valence electrons. The Morgan fingerprint density at radius 3 is 2.72 bits per heavy atom. The Hall–Kier alpha value is -2.39. The summed E-state index contributed by atoms with van der Waals surface area (Å²) in [6, 6.07) is 9.84. The minimum absolute atomic E-state index is 0.0520. The molecule has 9 heteroatoms. The van der Waals surface area contributed by atoms with Gasteiger partial charge in [0.2, 0.25) is 11.0 Å². The molecule has 0 bridgehead atoms. The number of nitrogens with one attached hydrogen (secondary N) is 1. The predicted octanol–water partition coefficient (Wildman–Crippen LogP) is 3.04. The van der Waals surface area contributed by atoms with Crippen molar-refractivity contribution in [1.29, 1.82) is 0 Å². The molecule has 2 aromatic heterocycles. The number of nitrogen functional groups attached to an aromatic ring is 1. The molecule has 0 aliphatic rings. The summed E-state index contributed by atoms with van der Waals surface area (Å²) in [4.78, 5) is 12.2. The molecule has 0 unspecified atom stereocenters. The molecule has 3 N–H and O–H groups in total. The van der Waals surface area contributed by atoms with Gasteiger partial charge in [-0.25, -0.2) is 4.68 Å². The fraction of sp³-hybridized carbons (Fsp3) is 0.250. The summed E-state index contributed by atoms with van der Waals surface area (Å²) < 4.78 is 2.61. The molecule has 0 fully saturated rings. The quantitative estimate of drug-likeness (QED) is 0.644. The zero-order valence-corrected chi connectivity index (χ0v) is 15.5. The highest BCUT2D eigenvalue weighted by Crippen LogP contribution is 2.25. The molecule has 0 saturated heterocycles. The number of carbonyl (C=O) groups is 1. The Labute approximate surface area is 153 Å². The molecule has 0 spiro atoms. The van der Waals surface area contributed by atoms with Gasteiger partial charge in [0, 0.05) is 12.2 Å². The number of hydrogen-bond acceptors (Lipinski definition) is 7. The van der Waals surface area contributed by atoms with Crippen LogP contribution in [-0.2, 0) is 4.79 Å². The second-order valence-corrected chi connectivity index (χ2v) is 7.70. The zero-order valence-electron chi connectivity index (χ0n) is 13.9. The SMILES string of the molecule is Cc1nn(-c2ccccc2)c(C)c1NC(=O)CCSc1nnc(N)s1. The molecular weight excluding hydrogens is 356 g/mol. The van der Waals surface area contributed by atoms with E-state index in [1.807, 2.05) is 48.9 Å². The van der Waals surface area contributed by atoms with Gasteiger partial charge in [0.05, 0.1) is 22.8 Å². The lowest BCUT2D eigenvalue weighted by molar-refractivity contribution is -0.115. The van der Waals surface area contributed by atoms with Crippen molar-refractivity contribution in [3.8, 4) is 5.69 Å². The number of carbonyl (C=O) groups excluding carboxylic acids is 1. The second-order valence-electron chi connectivity index (χ2n) is 5.35. The number of hydrogen-bond donors (Lipinski definition) is 2. The summed E-state index contributed by atoms with van der Waals surface area (Å²) in [7, 11) is 0. The van der Waals surface area contributed by atoms with Crippen molar-refractivity contribution in [2.24, 2.45) is 0 Å². The van der Waals surface area contributed by atoms with Crippen LogP contribution in [0.25, 0.3) is 5.69 Å². The zero-order chi connectivity index (χ0) is 17.8. The molecule has 0 atom stereocenters. The molecule has 7 nitrogen and oxygen atoms in total. The topological polar surface area (TPSA) is 98.7 Å². The number of para-hydroxylation sites is 1. The van der Waals surface area contributed by atoms with E-state index < -0.39 is 0 Å². The fourth-order valence-electron chi connectivity index (χ4n) is 2.36. The summed E-state index contributed by atoms with van der Waals surface area (Å²) in [6.07, 6.45) is 0.375. The highest BCUT2D eigenvalue weighted by Gasteiger charge is 2.15. The normalized spacial score (nSPS) is 10.8. The maximum atomic E-state index is 12.2. The number of aromatic nitrogens is 4. The number of nitrogens with zero attached hydrogens (tertiary/aromatic N) is 4. The molecular formula is C16H18N6OS2. The van der Waals surface area contributed by atoms with Crippen molar-refractivity contribution in [2.45, 2.75) is 24.6 Å². The Bertz CT molecular complexity index is 874. The van der Waals surface area contributed by atoms with Gasteiger partial charge >= 0.3 is 0 Å². The van der Waals surface area contributed by atoms with Crippen LogP contribution in [0.1, 0.15) is 17.8 Å². The predicted molar refractivity (Wildman–Crippen MR) is 101 cm³/mol. The number of anilines is 2. The van der Waals surface area contributed by atoms with Gasteiger partial charge in [-0.15, -0.1) is 10.2 Å². The Morgan fingerprint density at radius 2 is 2.04 bits per heavy atom. The van der Waals surface area contributed by atoms with Gasteiger partial charge in [0.15, 0.2) is 4.34 Å².